The SMILES string of the molecule is COC(=O)CCN(C)C(=O)C1CCN(S(=O)(=O)c2ccc(C)c(C)c2)CC1. The average Bonchev–Trinajstić information content (AvgIpc) is 2.67. The van der Waals surface area contributed by atoms with Crippen LogP contribution in [0.15, 0.2) is 23.1 Å². The molecule has 1 saturated heterocycles. The van der Waals surface area contributed by atoms with E-state index in [2.05, 4.69) is 4.74 Å². The number of rotatable bonds is 6. The van der Waals surface area contributed by atoms with Crippen LogP contribution >= 0.6 is 0 Å². The smallest absolute Gasteiger partial charge is 0.307 e. The van der Waals surface area contributed by atoms with Gasteiger partial charge in [-0.3, -0.25) is 9.59 Å². The van der Waals surface area contributed by atoms with Gasteiger partial charge in [-0.2, -0.15) is 4.31 Å². The molecule has 0 spiro atoms. The largest absolute Gasteiger partial charge is 0.469 e. The minimum Gasteiger partial charge on any atom is -0.469 e. The number of methoxy groups -OCH3 is 1. The van der Waals surface area contributed by atoms with Crippen LogP contribution in [-0.4, -0.2) is 63.3 Å². The standard InChI is InChI=1S/C19H28N2O5S/c1-14-5-6-17(13-15(14)2)27(24,25)21-11-7-16(8-12-21)19(23)20(3)10-9-18(22)26-4/h5-6,13,16H,7-12H2,1-4H3. The molecule has 7 nitrogen and oxygen atoms in total. The van der Waals surface area contributed by atoms with Gasteiger partial charge in [0.1, 0.15) is 0 Å². The fourth-order valence-corrected chi connectivity index (χ4v) is 4.70. The first-order valence-corrected chi connectivity index (χ1v) is 10.5. The van der Waals surface area contributed by atoms with Crippen LogP contribution < -0.4 is 0 Å². The van der Waals surface area contributed by atoms with Crippen LogP contribution in [0.2, 0.25) is 0 Å². The molecule has 8 heteroatoms. The molecule has 1 aliphatic rings. The number of hydrogen-bond donors (Lipinski definition) is 0. The highest BCUT2D eigenvalue weighted by molar-refractivity contribution is 7.89. The third-order valence-corrected chi connectivity index (χ3v) is 7.07. The highest BCUT2D eigenvalue weighted by Gasteiger charge is 2.33. The molecule has 0 bridgehead atoms. The first-order chi connectivity index (χ1) is 12.7. The predicted molar refractivity (Wildman–Crippen MR) is 102 cm³/mol. The monoisotopic (exact) mass is 396 g/mol. The van der Waals surface area contributed by atoms with Gasteiger partial charge < -0.3 is 9.64 Å². The summed E-state index contributed by atoms with van der Waals surface area (Å²) in [6, 6.07) is 5.15. The maximum atomic E-state index is 12.9. The average molecular weight is 397 g/mol. The summed E-state index contributed by atoms with van der Waals surface area (Å²) >= 11 is 0. The van der Waals surface area contributed by atoms with Crippen molar-refractivity contribution in [3.8, 4) is 0 Å². The molecule has 0 saturated carbocycles. The number of carbonyl (C=O) groups excluding carboxylic acids is 2. The molecule has 1 fully saturated rings. The van der Waals surface area contributed by atoms with Crippen LogP contribution in [0.4, 0.5) is 0 Å². The fraction of sp³-hybridized carbons (Fsp3) is 0.579. The summed E-state index contributed by atoms with van der Waals surface area (Å²) < 4.78 is 31.7. The van der Waals surface area contributed by atoms with E-state index in [-0.39, 0.29) is 24.2 Å². The van der Waals surface area contributed by atoms with Crippen LogP contribution in [0.25, 0.3) is 0 Å². The number of ether oxygens (including phenoxy) is 1. The summed E-state index contributed by atoms with van der Waals surface area (Å²) in [5.41, 5.74) is 1.99. The van der Waals surface area contributed by atoms with Crippen molar-refractivity contribution in [2.45, 2.75) is 38.0 Å². The molecule has 1 heterocycles. The Balaban J connectivity index is 1.96. The number of aryl methyl sites for hydroxylation is 2. The number of benzene rings is 1. The van der Waals surface area contributed by atoms with E-state index in [1.807, 2.05) is 19.9 Å². The van der Waals surface area contributed by atoms with Gasteiger partial charge in [-0.15, -0.1) is 0 Å². The van der Waals surface area contributed by atoms with Gasteiger partial charge in [-0.05, 0) is 49.9 Å². The van der Waals surface area contributed by atoms with Crippen LogP contribution in [-0.2, 0) is 24.3 Å². The van der Waals surface area contributed by atoms with Crippen LogP contribution in [0.5, 0.6) is 0 Å². The Kier molecular flexibility index (Phi) is 7.00. The number of amides is 1. The Bertz CT molecular complexity index is 798. The first kappa shape index (κ1) is 21.4. The number of hydrogen-bond acceptors (Lipinski definition) is 5. The maximum Gasteiger partial charge on any atom is 0.307 e. The molecule has 2 rings (SSSR count). The molecule has 1 aromatic carbocycles. The van der Waals surface area contributed by atoms with E-state index in [0.29, 0.717) is 37.4 Å². The maximum absolute atomic E-state index is 12.9. The second-order valence-electron chi connectivity index (χ2n) is 7.01. The number of esters is 1. The van der Waals surface area contributed by atoms with E-state index in [9.17, 15) is 18.0 Å². The molecule has 0 radical (unpaired) electrons. The molecule has 0 aliphatic carbocycles. The molecular weight excluding hydrogens is 368 g/mol. The zero-order valence-electron chi connectivity index (χ0n) is 16.4. The van der Waals surface area contributed by atoms with Crippen molar-refractivity contribution in [2.24, 2.45) is 5.92 Å². The fourth-order valence-electron chi connectivity index (χ4n) is 3.15. The summed E-state index contributed by atoms with van der Waals surface area (Å²) in [5.74, 6) is -0.634. The van der Waals surface area contributed by atoms with Crippen molar-refractivity contribution in [1.82, 2.24) is 9.21 Å². The van der Waals surface area contributed by atoms with Gasteiger partial charge in [-0.1, -0.05) is 6.07 Å². The second-order valence-corrected chi connectivity index (χ2v) is 8.95. The van der Waals surface area contributed by atoms with Crippen molar-refractivity contribution in [2.75, 3.05) is 33.8 Å². The van der Waals surface area contributed by atoms with Gasteiger partial charge in [0.05, 0.1) is 18.4 Å². The Morgan fingerprint density at radius 3 is 2.37 bits per heavy atom. The van der Waals surface area contributed by atoms with E-state index in [4.69, 9.17) is 0 Å². The zero-order valence-corrected chi connectivity index (χ0v) is 17.2. The lowest BCUT2D eigenvalue weighted by molar-refractivity contribution is -0.142. The minimum absolute atomic E-state index is 0.0536. The lowest BCUT2D eigenvalue weighted by atomic mass is 9.96. The van der Waals surface area contributed by atoms with E-state index < -0.39 is 10.0 Å². The molecule has 1 amide bonds. The third kappa shape index (κ3) is 5.07. The Morgan fingerprint density at radius 1 is 1.19 bits per heavy atom. The Morgan fingerprint density at radius 2 is 1.81 bits per heavy atom. The summed E-state index contributed by atoms with van der Waals surface area (Å²) in [7, 11) is -0.577. The molecule has 1 aromatic rings. The normalized spacial score (nSPS) is 16.1. The lowest BCUT2D eigenvalue weighted by Gasteiger charge is -2.32. The van der Waals surface area contributed by atoms with Gasteiger partial charge in [0.15, 0.2) is 0 Å². The molecule has 0 atom stereocenters. The summed E-state index contributed by atoms with van der Waals surface area (Å²) in [6.45, 7) is 4.77. The molecule has 150 valence electrons. The van der Waals surface area contributed by atoms with Gasteiger partial charge in [0, 0.05) is 32.6 Å². The molecule has 1 aliphatic heterocycles. The van der Waals surface area contributed by atoms with Crippen molar-refractivity contribution in [3.63, 3.8) is 0 Å². The topological polar surface area (TPSA) is 84.0 Å². The van der Waals surface area contributed by atoms with E-state index in [0.717, 1.165) is 11.1 Å². The molecule has 0 unspecified atom stereocenters. The highest BCUT2D eigenvalue weighted by atomic mass is 32.2. The van der Waals surface area contributed by atoms with Crippen LogP contribution in [0.1, 0.15) is 30.4 Å². The lowest BCUT2D eigenvalue weighted by Crippen LogP contribution is -2.43. The number of sulfonamides is 1. The molecular formula is C19H28N2O5S. The predicted octanol–water partition coefficient (Wildman–Crippen LogP) is 1.73. The third-order valence-electron chi connectivity index (χ3n) is 5.17. The van der Waals surface area contributed by atoms with Crippen molar-refractivity contribution >= 4 is 21.9 Å². The highest BCUT2D eigenvalue weighted by Crippen LogP contribution is 2.26. The van der Waals surface area contributed by atoms with Crippen molar-refractivity contribution in [1.29, 1.82) is 0 Å². The van der Waals surface area contributed by atoms with Crippen molar-refractivity contribution < 1.29 is 22.7 Å². The van der Waals surface area contributed by atoms with E-state index in [1.165, 1.54) is 16.3 Å². The van der Waals surface area contributed by atoms with E-state index in [1.54, 1.807) is 19.2 Å². The molecule has 0 N–H and O–H groups in total. The number of carbonyl (C=O) groups is 2. The number of piperidine rings is 1. The summed E-state index contributed by atoms with van der Waals surface area (Å²) in [6.07, 6.45) is 1.11. The van der Waals surface area contributed by atoms with Gasteiger partial charge in [-0.25, -0.2) is 8.42 Å². The van der Waals surface area contributed by atoms with Crippen molar-refractivity contribution in [3.05, 3.63) is 29.3 Å². The van der Waals surface area contributed by atoms with Crippen LogP contribution in [0, 0.1) is 19.8 Å². The van der Waals surface area contributed by atoms with Crippen LogP contribution in [0.3, 0.4) is 0 Å². The Labute approximate surface area is 161 Å². The Hall–Kier alpha value is -1.93. The summed E-state index contributed by atoms with van der Waals surface area (Å²) in [5, 5.41) is 0. The van der Waals surface area contributed by atoms with Gasteiger partial charge >= 0.3 is 5.97 Å². The van der Waals surface area contributed by atoms with Gasteiger partial charge in [0.2, 0.25) is 15.9 Å². The summed E-state index contributed by atoms with van der Waals surface area (Å²) in [4.78, 5) is 25.5. The number of nitrogens with zero attached hydrogens (tertiary/aromatic N) is 2. The van der Waals surface area contributed by atoms with Gasteiger partial charge in [0.25, 0.3) is 0 Å². The molecule has 27 heavy (non-hydrogen) atoms. The second kappa shape index (κ2) is 8.84. The quantitative estimate of drug-likeness (QED) is 0.684. The zero-order chi connectivity index (χ0) is 20.2. The van der Waals surface area contributed by atoms with E-state index >= 15 is 0 Å². The molecule has 0 aromatic heterocycles. The minimum atomic E-state index is -3.55. The first-order valence-electron chi connectivity index (χ1n) is 9.06.